The highest BCUT2D eigenvalue weighted by atomic mass is 16.7. The maximum Gasteiger partial charge on any atom is 0.364 e. The molecule has 2 fully saturated rings. The van der Waals surface area contributed by atoms with Crippen LogP contribution < -0.4 is 0 Å². The smallest absolute Gasteiger partial charge is 0.364 e. The first-order valence-electron chi connectivity index (χ1n) is 8.71. The molecule has 170 valence electrons. The molecule has 14 nitrogen and oxygen atoms in total. The van der Waals surface area contributed by atoms with Crippen LogP contribution in [0, 0.1) is 0 Å². The molecular formula is C15H26O14. The normalized spacial score (nSPS) is 45.6. The Hall–Kier alpha value is -1.01. The number of aliphatic hydroxyl groups excluding tert-OH is 8. The number of carboxylic acid groups (broad SMARTS) is 1. The molecule has 0 aromatic carbocycles. The van der Waals surface area contributed by atoms with Gasteiger partial charge in [0, 0.05) is 6.42 Å². The third-order valence-electron chi connectivity index (χ3n) is 4.89. The van der Waals surface area contributed by atoms with Gasteiger partial charge in [0.1, 0.15) is 48.8 Å². The zero-order valence-corrected chi connectivity index (χ0v) is 15.0. The van der Waals surface area contributed by atoms with Crippen molar-refractivity contribution in [1.82, 2.24) is 0 Å². The molecule has 0 aromatic heterocycles. The summed E-state index contributed by atoms with van der Waals surface area (Å²) in [6, 6.07) is 0. The number of aliphatic hydroxyl groups is 9. The highest BCUT2D eigenvalue weighted by Crippen LogP contribution is 2.30. The average molecular weight is 430 g/mol. The van der Waals surface area contributed by atoms with Crippen molar-refractivity contribution in [3.05, 3.63) is 0 Å². The van der Waals surface area contributed by atoms with E-state index in [1.165, 1.54) is 0 Å². The van der Waals surface area contributed by atoms with Gasteiger partial charge in [-0.05, 0) is 0 Å². The molecule has 0 aliphatic carbocycles. The van der Waals surface area contributed by atoms with Crippen molar-refractivity contribution < 1.29 is 70.1 Å². The van der Waals surface area contributed by atoms with Crippen molar-refractivity contribution >= 4 is 5.97 Å². The number of carbonyl (C=O) groups is 1. The van der Waals surface area contributed by atoms with Crippen molar-refractivity contribution in [2.75, 3.05) is 13.2 Å². The van der Waals surface area contributed by atoms with Crippen LogP contribution in [0.3, 0.4) is 0 Å². The molecule has 0 amide bonds. The average Bonchev–Trinajstić information content (AvgIpc) is 2.67. The van der Waals surface area contributed by atoms with Crippen molar-refractivity contribution in [3.8, 4) is 0 Å². The zero-order valence-electron chi connectivity index (χ0n) is 15.0. The molecule has 2 rings (SSSR count). The molecule has 0 bridgehead atoms. The molecule has 10 N–H and O–H groups in total. The summed E-state index contributed by atoms with van der Waals surface area (Å²) in [6.07, 6.45) is -18.4. The summed E-state index contributed by atoms with van der Waals surface area (Å²) in [5.74, 6) is -4.80. The Bertz CT molecular complexity index is 559. The molecule has 14 heteroatoms. The maximum absolute atomic E-state index is 11.1. The zero-order chi connectivity index (χ0) is 22.1. The van der Waals surface area contributed by atoms with E-state index in [-0.39, 0.29) is 0 Å². The summed E-state index contributed by atoms with van der Waals surface area (Å²) in [4.78, 5) is 11.1. The Kier molecular flexibility index (Phi) is 7.88. The van der Waals surface area contributed by atoms with Gasteiger partial charge in [0.05, 0.1) is 19.3 Å². The number of hydrogen-bond donors (Lipinski definition) is 10. The summed E-state index contributed by atoms with van der Waals surface area (Å²) in [5, 5.41) is 97.1. The van der Waals surface area contributed by atoms with Crippen LogP contribution in [0.4, 0.5) is 0 Å². The number of rotatable bonds is 7. The fourth-order valence-corrected chi connectivity index (χ4v) is 3.09. The number of carboxylic acids is 1. The summed E-state index contributed by atoms with van der Waals surface area (Å²) in [5.41, 5.74) is 0. The van der Waals surface area contributed by atoms with Crippen LogP contribution in [-0.4, -0.2) is 137 Å². The van der Waals surface area contributed by atoms with Crippen LogP contribution in [-0.2, 0) is 19.0 Å². The van der Waals surface area contributed by atoms with E-state index >= 15 is 0 Å². The first-order valence-corrected chi connectivity index (χ1v) is 8.71. The molecule has 4 unspecified atom stereocenters. The second-order valence-corrected chi connectivity index (χ2v) is 7.02. The molecule has 2 aliphatic heterocycles. The molecule has 29 heavy (non-hydrogen) atoms. The van der Waals surface area contributed by atoms with E-state index in [1.54, 1.807) is 0 Å². The van der Waals surface area contributed by atoms with Crippen molar-refractivity contribution in [1.29, 1.82) is 0 Å². The van der Waals surface area contributed by atoms with Gasteiger partial charge in [-0.2, -0.15) is 0 Å². The minimum atomic E-state index is -2.91. The second kappa shape index (κ2) is 9.42. The van der Waals surface area contributed by atoms with Crippen LogP contribution in [0.2, 0.25) is 0 Å². The van der Waals surface area contributed by atoms with E-state index in [1.807, 2.05) is 0 Å². The van der Waals surface area contributed by atoms with Crippen LogP contribution in [0.1, 0.15) is 6.42 Å². The molecule has 11 atom stereocenters. The second-order valence-electron chi connectivity index (χ2n) is 7.02. The van der Waals surface area contributed by atoms with Crippen LogP contribution in [0.5, 0.6) is 0 Å². The van der Waals surface area contributed by atoms with Crippen molar-refractivity contribution in [2.45, 2.75) is 73.4 Å². The highest BCUT2D eigenvalue weighted by Gasteiger charge is 2.53. The fourth-order valence-electron chi connectivity index (χ4n) is 3.09. The summed E-state index contributed by atoms with van der Waals surface area (Å²) in [6.45, 7) is -1.53. The van der Waals surface area contributed by atoms with E-state index < -0.39 is 92.6 Å². The van der Waals surface area contributed by atoms with E-state index in [9.17, 15) is 45.6 Å². The van der Waals surface area contributed by atoms with Gasteiger partial charge < -0.3 is 65.3 Å². The number of aliphatic carboxylic acids is 1. The predicted octanol–water partition coefficient (Wildman–Crippen LogP) is -6.19. The van der Waals surface area contributed by atoms with Gasteiger partial charge in [-0.3, -0.25) is 0 Å². The first kappa shape index (κ1) is 24.3. The van der Waals surface area contributed by atoms with Crippen LogP contribution in [0.15, 0.2) is 0 Å². The minimum absolute atomic E-state index is 0.719. The summed E-state index contributed by atoms with van der Waals surface area (Å²) < 4.78 is 14.9. The topological polar surface area (TPSA) is 247 Å². The largest absolute Gasteiger partial charge is 0.477 e. The van der Waals surface area contributed by atoms with Crippen molar-refractivity contribution in [2.24, 2.45) is 0 Å². The minimum Gasteiger partial charge on any atom is -0.477 e. The third kappa shape index (κ3) is 5.01. The SMILES string of the molecule is O=C(O)[C@]1(O)C[C@@H](O)[C@@H](O)C([C@H](O)[C@H](O)CO[C@@H]2OC(CO)[C@H](O)C(O)C2O)O1. The standard InChI is InChI=1S/C15H26O14/c16-2-6-9(21)10(22)11(23)13(28-6)27-3-5(18)8(20)12-7(19)4(17)1-15(26,29-12)14(24)25/h4-13,16-23,26H,1-3H2,(H,24,25)/t4-,5-,6?,7-,8-,9+,10?,11?,12?,13-,15+/m1/s1. The van der Waals surface area contributed by atoms with Crippen LogP contribution in [0.25, 0.3) is 0 Å². The Morgan fingerprint density at radius 1 is 1.07 bits per heavy atom. The Morgan fingerprint density at radius 3 is 2.24 bits per heavy atom. The third-order valence-corrected chi connectivity index (χ3v) is 4.89. The van der Waals surface area contributed by atoms with Gasteiger partial charge in [0.2, 0.25) is 0 Å². The molecule has 0 spiro atoms. The van der Waals surface area contributed by atoms with E-state index in [0.29, 0.717) is 0 Å². The fraction of sp³-hybridized carbons (Fsp3) is 0.933. The quantitative estimate of drug-likeness (QED) is 0.180. The number of hydrogen-bond acceptors (Lipinski definition) is 13. The lowest BCUT2D eigenvalue weighted by Crippen LogP contribution is -2.63. The Morgan fingerprint density at radius 2 is 1.69 bits per heavy atom. The summed E-state index contributed by atoms with van der Waals surface area (Å²) >= 11 is 0. The van der Waals surface area contributed by atoms with Gasteiger partial charge in [-0.25, -0.2) is 4.79 Å². The van der Waals surface area contributed by atoms with Gasteiger partial charge in [0.25, 0.3) is 5.79 Å². The predicted molar refractivity (Wildman–Crippen MR) is 85.8 cm³/mol. The molecule has 2 saturated heterocycles. The Labute approximate surface area is 163 Å². The van der Waals surface area contributed by atoms with Gasteiger partial charge in [-0.1, -0.05) is 0 Å². The van der Waals surface area contributed by atoms with E-state index in [0.717, 1.165) is 0 Å². The lowest BCUT2D eigenvalue weighted by atomic mass is 9.91. The van der Waals surface area contributed by atoms with Crippen molar-refractivity contribution in [3.63, 3.8) is 0 Å². The van der Waals surface area contributed by atoms with E-state index in [4.69, 9.17) is 24.4 Å². The maximum atomic E-state index is 11.1. The monoisotopic (exact) mass is 430 g/mol. The van der Waals surface area contributed by atoms with E-state index in [2.05, 4.69) is 0 Å². The Balaban J connectivity index is 2.00. The first-order chi connectivity index (χ1) is 13.4. The molecular weight excluding hydrogens is 404 g/mol. The molecule has 0 aromatic rings. The molecule has 2 heterocycles. The van der Waals surface area contributed by atoms with Gasteiger partial charge in [-0.15, -0.1) is 0 Å². The number of ether oxygens (including phenoxy) is 3. The molecule has 2 aliphatic rings. The molecule has 0 saturated carbocycles. The van der Waals surface area contributed by atoms with Crippen LogP contribution >= 0.6 is 0 Å². The highest BCUT2D eigenvalue weighted by molar-refractivity contribution is 5.75. The lowest BCUT2D eigenvalue weighted by Gasteiger charge is -2.43. The lowest BCUT2D eigenvalue weighted by molar-refractivity contribution is -0.321. The molecule has 0 radical (unpaired) electrons. The van der Waals surface area contributed by atoms with Gasteiger partial charge >= 0.3 is 5.97 Å². The van der Waals surface area contributed by atoms with Gasteiger partial charge in [0.15, 0.2) is 6.29 Å². The summed E-state index contributed by atoms with van der Waals surface area (Å²) in [7, 11) is 0.